The monoisotopic (exact) mass is 726 g/mol. The number of carbonyl (C=O) groups is 6. The molecule has 6 unspecified atom stereocenters. The van der Waals surface area contributed by atoms with Gasteiger partial charge in [0.05, 0.1) is 12.6 Å². The van der Waals surface area contributed by atoms with Crippen molar-refractivity contribution in [3.8, 4) is 0 Å². The Kier molecular flexibility index (Phi) is 12.0. The molecule has 0 bridgehead atoms. The van der Waals surface area contributed by atoms with Gasteiger partial charge in [0.25, 0.3) is 5.91 Å². The van der Waals surface area contributed by atoms with Gasteiger partial charge in [-0.3, -0.25) is 24.0 Å². The molecular weight excluding hydrogens is 668 g/mol. The zero-order chi connectivity index (χ0) is 38.9. The topological polar surface area (TPSA) is 186 Å². The highest BCUT2D eigenvalue weighted by Crippen LogP contribution is 2.65. The summed E-state index contributed by atoms with van der Waals surface area (Å²) >= 11 is 0. The van der Waals surface area contributed by atoms with Gasteiger partial charge in [-0.05, 0) is 61.3 Å². The lowest BCUT2D eigenvalue weighted by Crippen LogP contribution is -2.61. The fraction of sp³-hybridized carbons (Fsp3) is 0.684. The Morgan fingerprint density at radius 1 is 0.962 bits per heavy atom. The average Bonchev–Trinajstić information content (AvgIpc) is 3.90. The van der Waals surface area contributed by atoms with Crippen molar-refractivity contribution >= 4 is 35.6 Å². The van der Waals surface area contributed by atoms with Crippen LogP contribution in [-0.2, 0) is 28.7 Å². The van der Waals surface area contributed by atoms with Crippen LogP contribution >= 0.6 is 0 Å². The van der Waals surface area contributed by atoms with Crippen LogP contribution in [0.2, 0.25) is 0 Å². The summed E-state index contributed by atoms with van der Waals surface area (Å²) in [6, 6.07) is 4.89. The number of ether oxygens (including phenoxy) is 1. The van der Waals surface area contributed by atoms with E-state index in [1.165, 1.54) is 9.80 Å². The molecule has 5 N–H and O–H groups in total. The van der Waals surface area contributed by atoms with E-state index < -0.39 is 77.6 Å². The number of likely N-dealkylation sites (tertiary alicyclic amines) is 1. The number of benzene rings is 1. The number of alkyl carbamates (subject to hydrolysis) is 1. The SMILES string of the molecule is CN(C)C(=O)[C@@H](NC(=O)CNC(=O)C(O)C(CC1CC1)NC(=O)C1C2C(CN1C(=O)C(NC(=O)OC(C)(C)C)C(C)(C)C)C2(C)C)c1ccccc1. The number of piperidine rings is 1. The number of hydrogen-bond acceptors (Lipinski definition) is 8. The van der Waals surface area contributed by atoms with Gasteiger partial charge in [0.2, 0.25) is 23.6 Å². The number of likely N-dealkylation sites (N-methyl/N-ethyl adjacent to an activating group) is 1. The normalized spacial score (nSPS) is 22.8. The summed E-state index contributed by atoms with van der Waals surface area (Å²) in [6.07, 6.45) is -0.310. The fourth-order valence-electron chi connectivity index (χ4n) is 7.16. The van der Waals surface area contributed by atoms with Gasteiger partial charge in [0.15, 0.2) is 6.10 Å². The van der Waals surface area contributed by atoms with E-state index in [9.17, 15) is 33.9 Å². The van der Waals surface area contributed by atoms with Crippen LogP contribution in [0.1, 0.15) is 86.3 Å². The number of nitrogens with one attached hydrogen (secondary N) is 4. The molecule has 1 saturated heterocycles. The maximum atomic E-state index is 14.2. The minimum Gasteiger partial charge on any atom is -0.444 e. The zero-order valence-electron chi connectivity index (χ0n) is 32.2. The van der Waals surface area contributed by atoms with Gasteiger partial charge in [-0.2, -0.15) is 0 Å². The molecule has 1 aliphatic heterocycles. The molecule has 3 aliphatic rings. The van der Waals surface area contributed by atoms with Crippen LogP contribution in [0.5, 0.6) is 0 Å². The van der Waals surface area contributed by atoms with E-state index in [1.54, 1.807) is 65.2 Å². The summed E-state index contributed by atoms with van der Waals surface area (Å²) in [7, 11) is 3.15. The number of rotatable bonds is 13. The molecule has 6 amide bonds. The van der Waals surface area contributed by atoms with Gasteiger partial charge in [-0.1, -0.05) is 77.8 Å². The van der Waals surface area contributed by atoms with Crippen molar-refractivity contribution in [2.24, 2.45) is 28.6 Å². The Hall–Kier alpha value is -4.20. The summed E-state index contributed by atoms with van der Waals surface area (Å²) in [5.74, 6) is -2.63. The lowest BCUT2D eigenvalue weighted by Gasteiger charge is -2.38. The Morgan fingerprint density at radius 2 is 1.58 bits per heavy atom. The number of nitrogens with zero attached hydrogens (tertiary/aromatic N) is 2. The molecule has 14 nitrogen and oxygen atoms in total. The van der Waals surface area contributed by atoms with Crippen molar-refractivity contribution in [3.63, 3.8) is 0 Å². The summed E-state index contributed by atoms with van der Waals surface area (Å²) in [4.78, 5) is 83.1. The molecular formula is C38H58N6O8. The van der Waals surface area contributed by atoms with Gasteiger partial charge < -0.3 is 40.9 Å². The smallest absolute Gasteiger partial charge is 0.408 e. The highest BCUT2D eigenvalue weighted by molar-refractivity contribution is 5.94. The Morgan fingerprint density at radius 3 is 2.12 bits per heavy atom. The Balaban J connectivity index is 1.46. The molecule has 3 fully saturated rings. The van der Waals surface area contributed by atoms with Crippen molar-refractivity contribution < 1.29 is 38.6 Å². The molecule has 288 valence electrons. The molecule has 1 heterocycles. The number of aliphatic hydroxyl groups excluding tert-OH is 1. The first-order valence-electron chi connectivity index (χ1n) is 18.1. The van der Waals surface area contributed by atoms with E-state index in [4.69, 9.17) is 4.74 Å². The minimum absolute atomic E-state index is 0.0575. The van der Waals surface area contributed by atoms with Crippen LogP contribution in [0.15, 0.2) is 30.3 Å². The number of fused-ring (bicyclic) bond motifs is 1. The van der Waals surface area contributed by atoms with E-state index in [2.05, 4.69) is 21.3 Å². The van der Waals surface area contributed by atoms with Gasteiger partial charge >= 0.3 is 6.09 Å². The van der Waals surface area contributed by atoms with Gasteiger partial charge in [0, 0.05) is 20.6 Å². The maximum absolute atomic E-state index is 14.2. The van der Waals surface area contributed by atoms with E-state index in [0.29, 0.717) is 18.5 Å². The molecule has 1 aromatic carbocycles. The zero-order valence-corrected chi connectivity index (χ0v) is 32.2. The van der Waals surface area contributed by atoms with E-state index >= 15 is 0 Å². The summed E-state index contributed by atoms with van der Waals surface area (Å²) in [6.45, 7) is 14.6. The van der Waals surface area contributed by atoms with Crippen molar-refractivity contribution in [1.82, 2.24) is 31.1 Å². The van der Waals surface area contributed by atoms with Crippen molar-refractivity contribution in [2.45, 2.75) is 111 Å². The van der Waals surface area contributed by atoms with Gasteiger partial charge in [-0.15, -0.1) is 0 Å². The van der Waals surface area contributed by atoms with Gasteiger partial charge in [0.1, 0.15) is 23.7 Å². The maximum Gasteiger partial charge on any atom is 0.408 e. The minimum atomic E-state index is -1.68. The van der Waals surface area contributed by atoms with Crippen LogP contribution < -0.4 is 21.3 Å². The van der Waals surface area contributed by atoms with Crippen LogP contribution in [0.4, 0.5) is 4.79 Å². The molecule has 0 radical (unpaired) electrons. The number of carbonyl (C=O) groups excluding carboxylic acids is 6. The molecule has 0 aromatic heterocycles. The molecule has 14 heteroatoms. The summed E-state index contributed by atoms with van der Waals surface area (Å²) in [5.41, 5.74) is -1.13. The molecule has 52 heavy (non-hydrogen) atoms. The molecule has 1 aromatic rings. The second-order valence-electron chi connectivity index (χ2n) is 17.4. The predicted molar refractivity (Wildman–Crippen MR) is 193 cm³/mol. The van der Waals surface area contributed by atoms with E-state index in [-0.39, 0.29) is 29.1 Å². The first-order valence-corrected chi connectivity index (χ1v) is 18.1. The number of hydrogen-bond donors (Lipinski definition) is 5. The van der Waals surface area contributed by atoms with Crippen molar-refractivity contribution in [2.75, 3.05) is 27.2 Å². The Labute approximate surface area is 307 Å². The molecule has 7 atom stereocenters. The first-order chi connectivity index (χ1) is 24.0. The lowest BCUT2D eigenvalue weighted by molar-refractivity contribution is -0.145. The highest BCUT2D eigenvalue weighted by atomic mass is 16.6. The fourth-order valence-corrected chi connectivity index (χ4v) is 7.16. The van der Waals surface area contributed by atoms with Crippen LogP contribution in [-0.4, -0.2) is 108 Å². The third kappa shape index (κ3) is 9.81. The average molecular weight is 727 g/mol. The molecule has 2 saturated carbocycles. The Bertz CT molecular complexity index is 1510. The van der Waals surface area contributed by atoms with E-state index in [0.717, 1.165) is 12.8 Å². The quantitative estimate of drug-likeness (QED) is 0.205. The molecule has 2 aliphatic carbocycles. The third-order valence-corrected chi connectivity index (χ3v) is 10.3. The molecule has 4 rings (SSSR count). The van der Waals surface area contributed by atoms with Crippen LogP contribution in [0.25, 0.3) is 0 Å². The van der Waals surface area contributed by atoms with E-state index in [1.807, 2.05) is 34.6 Å². The number of amides is 6. The lowest BCUT2D eigenvalue weighted by atomic mass is 9.85. The summed E-state index contributed by atoms with van der Waals surface area (Å²) in [5, 5.41) is 22.0. The van der Waals surface area contributed by atoms with Gasteiger partial charge in [-0.25, -0.2) is 4.79 Å². The molecule has 0 spiro atoms. The standard InChI is InChI=1S/C38H58N6O8/c1-36(2,3)30(42-35(51)52-37(4,5)6)34(50)44-20-23-26(38(23,7)8)28(44)31(47)40-24(18-21-16-17-21)29(46)32(48)39-19-25(45)41-27(33(49)43(9)10)22-14-12-11-13-15-22/h11-15,21,23-24,26-30,46H,16-20H2,1-10H3,(H,39,48)(H,40,47)(H,41,45)(H,42,51)/t23?,24?,26?,27-,28?,29?,30?/m0/s1. The number of aliphatic hydroxyl groups is 1. The van der Waals surface area contributed by atoms with Crippen molar-refractivity contribution in [1.29, 1.82) is 0 Å². The summed E-state index contributed by atoms with van der Waals surface area (Å²) < 4.78 is 5.44. The third-order valence-electron chi connectivity index (χ3n) is 10.3. The second kappa shape index (κ2) is 15.4. The largest absolute Gasteiger partial charge is 0.444 e. The highest BCUT2D eigenvalue weighted by Gasteiger charge is 2.70. The predicted octanol–water partition coefficient (Wildman–Crippen LogP) is 2.12. The van der Waals surface area contributed by atoms with Crippen molar-refractivity contribution in [3.05, 3.63) is 35.9 Å². The van der Waals surface area contributed by atoms with Crippen LogP contribution in [0, 0.1) is 28.6 Å². The first kappa shape index (κ1) is 40.6. The second-order valence-corrected chi connectivity index (χ2v) is 17.4. The van der Waals surface area contributed by atoms with Crippen LogP contribution in [0.3, 0.4) is 0 Å².